The molecule has 6 nitrogen and oxygen atoms in total. The molecule has 1 aliphatic rings. The number of anilines is 2. The molecule has 1 N–H and O–H groups in total. The van der Waals surface area contributed by atoms with Crippen molar-refractivity contribution in [3.05, 3.63) is 84.3 Å². The molecule has 0 aliphatic carbocycles. The summed E-state index contributed by atoms with van der Waals surface area (Å²) in [6.45, 7) is 4.33. The highest BCUT2D eigenvalue weighted by Crippen LogP contribution is 2.26. The summed E-state index contributed by atoms with van der Waals surface area (Å²) < 4.78 is 5.25. The molecular formula is C25H30N4O2. The molecule has 1 atom stereocenters. The van der Waals surface area contributed by atoms with Gasteiger partial charge in [-0.3, -0.25) is 9.69 Å². The van der Waals surface area contributed by atoms with E-state index >= 15 is 0 Å². The number of furan rings is 1. The van der Waals surface area contributed by atoms with E-state index in [0.29, 0.717) is 12.3 Å². The largest absolute Gasteiger partial charge is 0.459 e. The van der Waals surface area contributed by atoms with Crippen molar-refractivity contribution >= 4 is 17.3 Å². The molecule has 1 aromatic heterocycles. The zero-order valence-corrected chi connectivity index (χ0v) is 18.2. The average Bonchev–Trinajstić information content (AvgIpc) is 3.36. The summed E-state index contributed by atoms with van der Waals surface area (Å²) in [6.07, 6.45) is 1.52. The van der Waals surface area contributed by atoms with Crippen molar-refractivity contribution in [1.29, 1.82) is 0 Å². The van der Waals surface area contributed by atoms with Gasteiger partial charge < -0.3 is 19.5 Å². The smallest absolute Gasteiger partial charge is 0.287 e. The molecule has 31 heavy (non-hydrogen) atoms. The second-order valence-electron chi connectivity index (χ2n) is 8.05. The first-order chi connectivity index (χ1) is 15.1. The van der Waals surface area contributed by atoms with Gasteiger partial charge in [0, 0.05) is 58.2 Å². The van der Waals surface area contributed by atoms with Crippen LogP contribution in [-0.2, 0) is 0 Å². The van der Waals surface area contributed by atoms with Crippen molar-refractivity contribution in [1.82, 2.24) is 10.2 Å². The third kappa shape index (κ3) is 5.09. The van der Waals surface area contributed by atoms with Crippen LogP contribution in [0.3, 0.4) is 0 Å². The Morgan fingerprint density at radius 1 is 0.968 bits per heavy atom. The van der Waals surface area contributed by atoms with Crippen molar-refractivity contribution in [2.24, 2.45) is 0 Å². The van der Waals surface area contributed by atoms with E-state index in [1.54, 1.807) is 12.1 Å². The Hall–Kier alpha value is -3.25. The highest BCUT2D eigenvalue weighted by Gasteiger charge is 2.26. The predicted molar refractivity (Wildman–Crippen MR) is 125 cm³/mol. The minimum absolute atomic E-state index is 0.105. The van der Waals surface area contributed by atoms with Crippen molar-refractivity contribution in [2.45, 2.75) is 6.04 Å². The fourth-order valence-electron chi connectivity index (χ4n) is 4.07. The summed E-state index contributed by atoms with van der Waals surface area (Å²) >= 11 is 0. The van der Waals surface area contributed by atoms with Crippen molar-refractivity contribution in [2.75, 3.05) is 56.6 Å². The van der Waals surface area contributed by atoms with Crippen LogP contribution >= 0.6 is 0 Å². The van der Waals surface area contributed by atoms with E-state index in [1.807, 2.05) is 14.1 Å². The standard InChI is InChI=1S/C25H30N4O2/c1-27(2)21-12-10-20(11-13-21)23(19-26-25(30)24-9-6-18-31-24)29-16-14-28(15-17-29)22-7-4-3-5-8-22/h3-13,18,23H,14-17,19H2,1-2H3,(H,26,30)/t23-/m0/s1. The monoisotopic (exact) mass is 418 g/mol. The second-order valence-corrected chi connectivity index (χ2v) is 8.05. The first-order valence-electron chi connectivity index (χ1n) is 10.7. The Bertz CT molecular complexity index is 947. The summed E-state index contributed by atoms with van der Waals surface area (Å²) in [7, 11) is 4.08. The Balaban J connectivity index is 1.47. The van der Waals surface area contributed by atoms with Gasteiger partial charge in [0.05, 0.1) is 12.3 Å². The topological polar surface area (TPSA) is 52.0 Å². The maximum Gasteiger partial charge on any atom is 0.287 e. The fourth-order valence-corrected chi connectivity index (χ4v) is 4.07. The van der Waals surface area contributed by atoms with Crippen LogP contribution in [0, 0.1) is 0 Å². The zero-order valence-electron chi connectivity index (χ0n) is 18.2. The third-order valence-corrected chi connectivity index (χ3v) is 5.87. The third-order valence-electron chi connectivity index (χ3n) is 5.87. The molecule has 6 heteroatoms. The molecule has 1 amide bonds. The number of nitrogens with zero attached hydrogens (tertiary/aromatic N) is 3. The number of hydrogen-bond donors (Lipinski definition) is 1. The van der Waals surface area contributed by atoms with Crippen LogP contribution in [0.25, 0.3) is 0 Å². The molecule has 162 valence electrons. The van der Waals surface area contributed by atoms with E-state index in [1.165, 1.54) is 17.5 Å². The van der Waals surface area contributed by atoms with Gasteiger partial charge in [0.15, 0.2) is 5.76 Å². The first kappa shape index (κ1) is 21.0. The minimum Gasteiger partial charge on any atom is -0.459 e. The molecule has 0 unspecified atom stereocenters. The number of amides is 1. The summed E-state index contributed by atoms with van der Waals surface area (Å²) in [5, 5.41) is 3.06. The summed E-state index contributed by atoms with van der Waals surface area (Å²) in [4.78, 5) is 19.4. The van der Waals surface area contributed by atoms with Crippen LogP contribution in [0.5, 0.6) is 0 Å². The van der Waals surface area contributed by atoms with Gasteiger partial charge in [-0.25, -0.2) is 0 Å². The van der Waals surface area contributed by atoms with Crippen LogP contribution < -0.4 is 15.1 Å². The fraction of sp³-hybridized carbons (Fsp3) is 0.320. The van der Waals surface area contributed by atoms with E-state index in [4.69, 9.17) is 4.42 Å². The van der Waals surface area contributed by atoms with Gasteiger partial charge >= 0.3 is 0 Å². The molecule has 1 saturated heterocycles. The van der Waals surface area contributed by atoms with Crippen molar-refractivity contribution < 1.29 is 9.21 Å². The molecule has 1 aliphatic heterocycles. The van der Waals surface area contributed by atoms with E-state index < -0.39 is 0 Å². The number of para-hydroxylation sites is 1. The van der Waals surface area contributed by atoms with Gasteiger partial charge in [0.2, 0.25) is 0 Å². The van der Waals surface area contributed by atoms with Crippen LogP contribution in [0.15, 0.2) is 77.4 Å². The SMILES string of the molecule is CN(C)c1ccc([C@H](CNC(=O)c2ccco2)N2CCN(c3ccccc3)CC2)cc1. The normalized spacial score (nSPS) is 15.5. The van der Waals surface area contributed by atoms with Gasteiger partial charge in [0.25, 0.3) is 5.91 Å². The Kier molecular flexibility index (Phi) is 6.57. The van der Waals surface area contributed by atoms with Crippen molar-refractivity contribution in [3.63, 3.8) is 0 Å². The second kappa shape index (κ2) is 9.71. The summed E-state index contributed by atoms with van der Waals surface area (Å²) in [5.74, 6) is 0.165. The van der Waals surface area contributed by atoms with Crippen molar-refractivity contribution in [3.8, 4) is 0 Å². The Morgan fingerprint density at radius 2 is 1.68 bits per heavy atom. The number of carbonyl (C=O) groups excluding carboxylic acids is 1. The number of carbonyl (C=O) groups is 1. The number of rotatable bonds is 7. The van der Waals surface area contributed by atoms with Crippen LogP contribution in [-0.4, -0.2) is 57.6 Å². The van der Waals surface area contributed by atoms with Gasteiger partial charge in [-0.05, 0) is 42.0 Å². The lowest BCUT2D eigenvalue weighted by atomic mass is 10.0. The molecule has 2 aromatic carbocycles. The van der Waals surface area contributed by atoms with Gasteiger partial charge in [0.1, 0.15) is 0 Å². The van der Waals surface area contributed by atoms with Gasteiger partial charge in [-0.1, -0.05) is 30.3 Å². The Morgan fingerprint density at radius 3 is 2.29 bits per heavy atom. The lowest BCUT2D eigenvalue weighted by Crippen LogP contribution is -2.49. The molecule has 0 bridgehead atoms. The lowest BCUT2D eigenvalue weighted by molar-refractivity contribution is 0.0902. The quantitative estimate of drug-likeness (QED) is 0.635. The van der Waals surface area contributed by atoms with E-state index in [9.17, 15) is 4.79 Å². The molecule has 0 saturated carbocycles. The van der Waals surface area contributed by atoms with E-state index in [0.717, 1.165) is 31.9 Å². The lowest BCUT2D eigenvalue weighted by Gasteiger charge is -2.40. The summed E-state index contributed by atoms with van der Waals surface area (Å²) in [6, 6.07) is 22.7. The highest BCUT2D eigenvalue weighted by molar-refractivity contribution is 5.91. The number of piperazine rings is 1. The molecule has 1 fully saturated rings. The molecule has 0 radical (unpaired) electrons. The summed E-state index contributed by atoms with van der Waals surface area (Å²) in [5.41, 5.74) is 3.63. The zero-order chi connectivity index (χ0) is 21.6. The number of nitrogens with one attached hydrogen (secondary N) is 1. The molecular weight excluding hydrogens is 388 g/mol. The average molecular weight is 419 g/mol. The number of hydrogen-bond acceptors (Lipinski definition) is 5. The first-order valence-corrected chi connectivity index (χ1v) is 10.7. The van der Waals surface area contributed by atoms with E-state index in [-0.39, 0.29) is 11.9 Å². The maximum absolute atomic E-state index is 12.5. The predicted octanol–water partition coefficient (Wildman–Crippen LogP) is 3.64. The molecule has 0 spiro atoms. The molecule has 3 aromatic rings. The Labute approximate surface area is 184 Å². The minimum atomic E-state index is -0.178. The van der Waals surface area contributed by atoms with Gasteiger partial charge in [-0.2, -0.15) is 0 Å². The maximum atomic E-state index is 12.5. The van der Waals surface area contributed by atoms with Gasteiger partial charge in [-0.15, -0.1) is 0 Å². The van der Waals surface area contributed by atoms with Crippen LogP contribution in [0.2, 0.25) is 0 Å². The highest BCUT2D eigenvalue weighted by atomic mass is 16.3. The van der Waals surface area contributed by atoms with Crippen LogP contribution in [0.1, 0.15) is 22.2 Å². The molecule has 4 rings (SSSR count). The van der Waals surface area contributed by atoms with E-state index in [2.05, 4.69) is 74.6 Å². The van der Waals surface area contributed by atoms with Crippen LogP contribution in [0.4, 0.5) is 11.4 Å². The number of benzene rings is 2. The molecule has 2 heterocycles.